The van der Waals surface area contributed by atoms with Gasteiger partial charge in [-0.2, -0.15) is 0 Å². The zero-order valence-electron chi connectivity index (χ0n) is 17.6. The van der Waals surface area contributed by atoms with E-state index in [4.69, 9.17) is 0 Å². The average molecular weight is 398 g/mol. The van der Waals surface area contributed by atoms with E-state index in [0.717, 1.165) is 61.3 Å². The van der Waals surface area contributed by atoms with Crippen molar-refractivity contribution >= 4 is 15.8 Å². The summed E-state index contributed by atoms with van der Waals surface area (Å²) in [6.45, 7) is 8.14. The van der Waals surface area contributed by atoms with Crippen LogP contribution in [0.1, 0.15) is 90.5 Å². The maximum absolute atomic E-state index is 11.9. The number of aryl methyl sites for hydroxylation is 1. The highest BCUT2D eigenvalue weighted by atomic mass is 32.2. The molecule has 0 atom stereocenters. The van der Waals surface area contributed by atoms with Gasteiger partial charge in [0.1, 0.15) is 15.0 Å². The molecule has 0 amide bonds. The van der Waals surface area contributed by atoms with Gasteiger partial charge >= 0.3 is 0 Å². The maximum Gasteiger partial charge on any atom is 0.152 e. The highest BCUT2D eigenvalue weighted by molar-refractivity contribution is 7.85. The monoisotopic (exact) mass is 397 g/mol. The third-order valence-electron chi connectivity index (χ3n) is 5.14. The van der Waals surface area contributed by atoms with Crippen molar-refractivity contribution in [2.45, 2.75) is 96.3 Å². The van der Waals surface area contributed by atoms with E-state index in [0.29, 0.717) is 0 Å². The van der Waals surface area contributed by atoms with Crippen molar-refractivity contribution in [3.05, 3.63) is 23.8 Å². The Labute approximate surface area is 167 Å². The fourth-order valence-corrected chi connectivity index (χ4v) is 4.59. The molecule has 0 fully saturated rings. The smallest absolute Gasteiger partial charge is 0.152 e. The summed E-state index contributed by atoms with van der Waals surface area (Å²) in [5.74, 6) is 0. The van der Waals surface area contributed by atoms with Crippen LogP contribution in [0.25, 0.3) is 0 Å². The van der Waals surface area contributed by atoms with Gasteiger partial charge in [-0.05, 0) is 31.7 Å². The lowest BCUT2D eigenvalue weighted by Crippen LogP contribution is -3.07. The molecule has 1 rings (SSSR count). The van der Waals surface area contributed by atoms with Gasteiger partial charge in [0.25, 0.3) is 0 Å². The lowest BCUT2D eigenvalue weighted by Gasteiger charge is -2.24. The Morgan fingerprint density at radius 2 is 1.37 bits per heavy atom. The Morgan fingerprint density at radius 3 is 1.89 bits per heavy atom. The third-order valence-corrected chi connectivity index (χ3v) is 6.02. The summed E-state index contributed by atoms with van der Waals surface area (Å²) in [6.07, 6.45) is 12.7. The summed E-state index contributed by atoms with van der Waals surface area (Å²) in [4.78, 5) is 1.11. The molecule has 1 aromatic carbocycles. The van der Waals surface area contributed by atoms with Crippen LogP contribution in [-0.4, -0.2) is 26.1 Å². The van der Waals surface area contributed by atoms with Crippen LogP contribution in [0.4, 0.5) is 5.69 Å². The highest BCUT2D eigenvalue weighted by Crippen LogP contribution is 2.24. The number of hydrogen-bond acceptors (Lipinski definition) is 3. The first-order valence-corrected chi connectivity index (χ1v) is 12.3. The number of nitrogens with one attached hydrogen (secondary N) is 1. The van der Waals surface area contributed by atoms with Crippen LogP contribution in [0.15, 0.2) is 23.1 Å². The molecule has 0 saturated carbocycles. The van der Waals surface area contributed by atoms with Gasteiger partial charge in [0, 0.05) is 5.56 Å². The minimum atomic E-state index is -4.46. The van der Waals surface area contributed by atoms with E-state index in [1.54, 1.807) is 6.07 Å². The largest absolute Gasteiger partial charge is 0.744 e. The Kier molecular flexibility index (Phi) is 11.9. The van der Waals surface area contributed by atoms with E-state index >= 15 is 0 Å². The lowest BCUT2D eigenvalue weighted by molar-refractivity contribution is -0.834. The van der Waals surface area contributed by atoms with Gasteiger partial charge in [0.15, 0.2) is 5.69 Å². The van der Waals surface area contributed by atoms with Crippen LogP contribution >= 0.6 is 0 Å². The fourth-order valence-electron chi connectivity index (χ4n) is 3.82. The Balaban J connectivity index is 2.83. The molecule has 27 heavy (non-hydrogen) atoms. The molecule has 0 aliphatic heterocycles. The van der Waals surface area contributed by atoms with Crippen molar-refractivity contribution in [2.24, 2.45) is 0 Å². The van der Waals surface area contributed by atoms with Gasteiger partial charge in [0.2, 0.25) is 0 Å². The molecular weight excluding hydrogens is 358 g/mol. The Hall–Kier alpha value is -0.910. The molecule has 1 aromatic rings. The lowest BCUT2D eigenvalue weighted by atomic mass is 10.0. The van der Waals surface area contributed by atoms with E-state index < -0.39 is 10.1 Å². The minimum absolute atomic E-state index is 0.0172. The van der Waals surface area contributed by atoms with Gasteiger partial charge in [-0.25, -0.2) is 8.42 Å². The Morgan fingerprint density at radius 1 is 0.815 bits per heavy atom. The number of rotatable bonds is 15. The summed E-state index contributed by atoms with van der Waals surface area (Å²) in [6, 6.07) is 5.22. The molecular formula is C22H39NO3S. The van der Waals surface area contributed by atoms with Gasteiger partial charge in [-0.3, -0.25) is 0 Å². The molecule has 0 bridgehead atoms. The number of unbranched alkanes of at least 4 members (excludes halogenated alkanes) is 7. The topological polar surface area (TPSA) is 61.6 Å². The van der Waals surface area contributed by atoms with E-state index in [-0.39, 0.29) is 4.90 Å². The molecule has 0 aliphatic rings. The van der Waals surface area contributed by atoms with Crippen LogP contribution in [-0.2, 0) is 16.5 Å². The second kappa shape index (κ2) is 13.3. The molecule has 0 spiro atoms. The zero-order valence-corrected chi connectivity index (χ0v) is 18.4. The molecule has 0 heterocycles. The second-order valence-electron chi connectivity index (χ2n) is 7.57. The van der Waals surface area contributed by atoms with E-state index in [1.807, 2.05) is 6.07 Å². The van der Waals surface area contributed by atoms with Crippen LogP contribution < -0.4 is 4.90 Å². The van der Waals surface area contributed by atoms with Crippen LogP contribution in [0.5, 0.6) is 0 Å². The fraction of sp³-hybridized carbons (Fsp3) is 0.727. The SMILES string of the molecule is CCCCCCCCCCc1cccc(S(=O)(=O)[O-])c1[NH+](CCC)CCC. The van der Waals surface area contributed by atoms with Gasteiger partial charge < -0.3 is 9.45 Å². The van der Waals surface area contributed by atoms with Crippen molar-refractivity contribution in [3.8, 4) is 0 Å². The summed E-state index contributed by atoms with van der Waals surface area (Å²) in [5, 5.41) is 0. The minimum Gasteiger partial charge on any atom is -0.744 e. The number of para-hydroxylation sites is 1. The number of quaternary nitrogens is 1. The maximum atomic E-state index is 11.9. The standard InChI is InChI=1S/C22H39NO3S/c1-4-7-8-9-10-11-12-13-15-20-16-14-17-21(27(24,25)26)22(20)23(18-5-2)19-6-3/h14,16-17H,4-13,15,18-19H2,1-3H3,(H,24,25,26). The first kappa shape index (κ1) is 24.1. The molecule has 1 N–H and O–H groups in total. The summed E-state index contributed by atoms with van der Waals surface area (Å²) >= 11 is 0. The summed E-state index contributed by atoms with van der Waals surface area (Å²) in [5.41, 5.74) is 1.77. The average Bonchev–Trinajstić information content (AvgIpc) is 2.63. The Bertz CT molecular complexity index is 622. The summed E-state index contributed by atoms with van der Waals surface area (Å²) in [7, 11) is -4.46. The van der Waals surface area contributed by atoms with Gasteiger partial charge in [-0.15, -0.1) is 0 Å². The number of hydrogen-bond donors (Lipinski definition) is 1. The summed E-state index contributed by atoms with van der Waals surface area (Å²) < 4.78 is 35.6. The molecule has 0 radical (unpaired) electrons. The van der Waals surface area contributed by atoms with Crippen molar-refractivity contribution in [1.29, 1.82) is 0 Å². The van der Waals surface area contributed by atoms with Gasteiger partial charge in [-0.1, -0.05) is 77.8 Å². The van der Waals surface area contributed by atoms with Gasteiger partial charge in [0.05, 0.1) is 13.1 Å². The molecule has 4 nitrogen and oxygen atoms in total. The molecule has 0 saturated heterocycles. The molecule has 156 valence electrons. The second-order valence-corrected chi connectivity index (χ2v) is 8.92. The zero-order chi connectivity index (χ0) is 20.1. The van der Waals surface area contributed by atoms with Crippen molar-refractivity contribution in [2.75, 3.05) is 13.1 Å². The van der Waals surface area contributed by atoms with Crippen LogP contribution in [0.2, 0.25) is 0 Å². The van der Waals surface area contributed by atoms with Crippen molar-refractivity contribution in [3.63, 3.8) is 0 Å². The predicted molar refractivity (Wildman–Crippen MR) is 112 cm³/mol. The van der Waals surface area contributed by atoms with Crippen molar-refractivity contribution < 1.29 is 17.9 Å². The quantitative estimate of drug-likeness (QED) is 0.347. The predicted octanol–water partition coefficient (Wildman–Crippen LogP) is 4.61. The van der Waals surface area contributed by atoms with Crippen LogP contribution in [0, 0.1) is 0 Å². The van der Waals surface area contributed by atoms with Crippen LogP contribution in [0.3, 0.4) is 0 Å². The molecule has 0 unspecified atom stereocenters. The van der Waals surface area contributed by atoms with E-state index in [2.05, 4.69) is 20.8 Å². The number of benzene rings is 1. The molecule has 0 aliphatic carbocycles. The van der Waals surface area contributed by atoms with E-state index in [9.17, 15) is 13.0 Å². The highest BCUT2D eigenvalue weighted by Gasteiger charge is 2.23. The molecule has 0 aromatic heterocycles. The third kappa shape index (κ3) is 8.75. The normalized spacial score (nSPS) is 12.0. The van der Waals surface area contributed by atoms with Crippen molar-refractivity contribution in [1.82, 2.24) is 0 Å². The first-order valence-electron chi connectivity index (χ1n) is 10.9. The first-order chi connectivity index (χ1) is 13.0. The van der Waals surface area contributed by atoms with E-state index in [1.165, 1.54) is 44.6 Å². The molecule has 5 heteroatoms.